The molecule has 0 atom stereocenters. The van der Waals surface area contributed by atoms with Crippen molar-refractivity contribution in [3.8, 4) is 11.5 Å². The molecule has 3 rings (SSSR count). The molecule has 0 aliphatic carbocycles. The van der Waals surface area contributed by atoms with Crippen LogP contribution in [-0.4, -0.2) is 26.4 Å². The molecule has 24 heavy (non-hydrogen) atoms. The fraction of sp³-hybridized carbons (Fsp3) is 0.400. The van der Waals surface area contributed by atoms with Crippen molar-refractivity contribution in [3.63, 3.8) is 0 Å². The van der Waals surface area contributed by atoms with E-state index in [9.17, 15) is 0 Å². The predicted molar refractivity (Wildman–Crippen MR) is 92.3 cm³/mol. The molecule has 0 radical (unpaired) electrons. The Bertz CT molecular complexity index is 612. The number of benzene rings is 2. The van der Waals surface area contributed by atoms with Crippen LogP contribution in [0.4, 0.5) is 0 Å². The van der Waals surface area contributed by atoms with Crippen LogP contribution in [0, 0.1) is 5.41 Å². The van der Waals surface area contributed by atoms with Crippen LogP contribution in [0.1, 0.15) is 25.7 Å². The van der Waals surface area contributed by atoms with Gasteiger partial charge in [-0.2, -0.15) is 0 Å². The molecule has 0 unspecified atom stereocenters. The standard InChI is InChI=1S/C20H24O4/c1-20(2)14-23-19(24-15-20)16-8-10-18(11-9-16)22-13-12-21-17-6-4-3-5-7-17/h3-11,19H,12-15H2,1-2H3. The van der Waals surface area contributed by atoms with Crippen molar-refractivity contribution >= 4 is 0 Å². The SMILES string of the molecule is CC1(C)COC(c2ccc(OCCOc3ccccc3)cc2)OC1. The number of hydrogen-bond donors (Lipinski definition) is 0. The zero-order chi connectivity index (χ0) is 16.8. The molecule has 1 heterocycles. The van der Waals surface area contributed by atoms with Crippen LogP contribution < -0.4 is 9.47 Å². The zero-order valence-electron chi connectivity index (χ0n) is 14.2. The van der Waals surface area contributed by atoms with E-state index in [1.807, 2.05) is 54.6 Å². The summed E-state index contributed by atoms with van der Waals surface area (Å²) >= 11 is 0. The average Bonchev–Trinajstić information content (AvgIpc) is 2.60. The van der Waals surface area contributed by atoms with Crippen LogP contribution >= 0.6 is 0 Å². The van der Waals surface area contributed by atoms with Gasteiger partial charge < -0.3 is 18.9 Å². The van der Waals surface area contributed by atoms with Crippen molar-refractivity contribution in [1.82, 2.24) is 0 Å². The molecule has 0 spiro atoms. The van der Waals surface area contributed by atoms with Gasteiger partial charge in [-0.25, -0.2) is 0 Å². The van der Waals surface area contributed by atoms with E-state index in [2.05, 4.69) is 13.8 Å². The van der Waals surface area contributed by atoms with E-state index >= 15 is 0 Å². The Labute approximate surface area is 143 Å². The van der Waals surface area contributed by atoms with E-state index in [1.165, 1.54) is 0 Å². The maximum atomic E-state index is 5.78. The fourth-order valence-corrected chi connectivity index (χ4v) is 2.44. The molecule has 4 nitrogen and oxygen atoms in total. The Morgan fingerprint density at radius 1 is 0.833 bits per heavy atom. The van der Waals surface area contributed by atoms with Gasteiger partial charge in [0.2, 0.25) is 0 Å². The molecular formula is C20H24O4. The summed E-state index contributed by atoms with van der Waals surface area (Å²) in [7, 11) is 0. The number of ether oxygens (including phenoxy) is 4. The monoisotopic (exact) mass is 328 g/mol. The minimum atomic E-state index is -0.284. The van der Waals surface area contributed by atoms with Crippen molar-refractivity contribution in [2.45, 2.75) is 20.1 Å². The largest absolute Gasteiger partial charge is 0.490 e. The summed E-state index contributed by atoms with van der Waals surface area (Å²) in [5.41, 5.74) is 1.09. The lowest BCUT2D eigenvalue weighted by molar-refractivity contribution is -0.226. The molecule has 1 fully saturated rings. The lowest BCUT2D eigenvalue weighted by Gasteiger charge is -2.34. The molecule has 2 aromatic rings. The maximum absolute atomic E-state index is 5.78. The van der Waals surface area contributed by atoms with Crippen LogP contribution in [0.3, 0.4) is 0 Å². The van der Waals surface area contributed by atoms with Crippen molar-refractivity contribution in [2.75, 3.05) is 26.4 Å². The van der Waals surface area contributed by atoms with Gasteiger partial charge in [0.05, 0.1) is 13.2 Å². The average molecular weight is 328 g/mol. The highest BCUT2D eigenvalue weighted by atomic mass is 16.7. The zero-order valence-corrected chi connectivity index (χ0v) is 14.2. The van der Waals surface area contributed by atoms with Crippen molar-refractivity contribution in [1.29, 1.82) is 0 Å². The van der Waals surface area contributed by atoms with Crippen LogP contribution in [0.5, 0.6) is 11.5 Å². The van der Waals surface area contributed by atoms with Gasteiger partial charge in [-0.15, -0.1) is 0 Å². The van der Waals surface area contributed by atoms with Gasteiger partial charge in [-0.05, 0) is 24.3 Å². The van der Waals surface area contributed by atoms with E-state index < -0.39 is 0 Å². The van der Waals surface area contributed by atoms with E-state index in [0.717, 1.165) is 17.1 Å². The second kappa shape index (κ2) is 7.69. The molecule has 1 aliphatic rings. The van der Waals surface area contributed by atoms with Crippen LogP contribution in [0.25, 0.3) is 0 Å². The van der Waals surface area contributed by atoms with Crippen LogP contribution in [-0.2, 0) is 9.47 Å². The quantitative estimate of drug-likeness (QED) is 0.744. The molecule has 1 aliphatic heterocycles. The summed E-state index contributed by atoms with van der Waals surface area (Å²) < 4.78 is 22.9. The van der Waals surface area contributed by atoms with Crippen molar-refractivity contribution < 1.29 is 18.9 Å². The molecule has 0 N–H and O–H groups in total. The van der Waals surface area contributed by atoms with Gasteiger partial charge >= 0.3 is 0 Å². The first-order valence-corrected chi connectivity index (χ1v) is 8.26. The molecule has 0 saturated carbocycles. The van der Waals surface area contributed by atoms with Crippen molar-refractivity contribution in [2.24, 2.45) is 5.41 Å². The van der Waals surface area contributed by atoms with Gasteiger partial charge in [0.15, 0.2) is 6.29 Å². The molecular weight excluding hydrogens is 304 g/mol. The molecule has 0 amide bonds. The van der Waals surface area contributed by atoms with Gasteiger partial charge in [-0.1, -0.05) is 44.2 Å². The Balaban J connectivity index is 1.43. The summed E-state index contributed by atoms with van der Waals surface area (Å²) in [6, 6.07) is 17.6. The summed E-state index contributed by atoms with van der Waals surface area (Å²) in [5.74, 6) is 1.66. The number of para-hydroxylation sites is 1. The summed E-state index contributed by atoms with van der Waals surface area (Å²) in [4.78, 5) is 0. The molecule has 1 saturated heterocycles. The van der Waals surface area contributed by atoms with E-state index in [-0.39, 0.29) is 11.7 Å². The normalized spacial score (nSPS) is 17.4. The third-order valence-electron chi connectivity index (χ3n) is 3.77. The second-order valence-electron chi connectivity index (χ2n) is 6.70. The topological polar surface area (TPSA) is 36.9 Å². The first kappa shape index (κ1) is 16.8. The first-order valence-electron chi connectivity index (χ1n) is 8.26. The third kappa shape index (κ3) is 4.73. The van der Waals surface area contributed by atoms with Gasteiger partial charge in [-0.3, -0.25) is 0 Å². The minimum Gasteiger partial charge on any atom is -0.490 e. The van der Waals surface area contributed by atoms with Gasteiger partial charge in [0, 0.05) is 11.0 Å². The van der Waals surface area contributed by atoms with E-state index in [4.69, 9.17) is 18.9 Å². The lowest BCUT2D eigenvalue weighted by Crippen LogP contribution is -2.33. The number of hydrogen-bond acceptors (Lipinski definition) is 4. The molecule has 4 heteroatoms. The summed E-state index contributed by atoms with van der Waals surface area (Å²) in [6.45, 7) is 6.68. The Morgan fingerprint density at radius 2 is 1.38 bits per heavy atom. The molecule has 128 valence electrons. The van der Waals surface area contributed by atoms with Crippen molar-refractivity contribution in [3.05, 3.63) is 60.2 Å². The predicted octanol–water partition coefficient (Wildman–Crippen LogP) is 4.22. The Kier molecular flexibility index (Phi) is 5.38. The second-order valence-corrected chi connectivity index (χ2v) is 6.70. The lowest BCUT2D eigenvalue weighted by atomic mass is 9.95. The highest BCUT2D eigenvalue weighted by molar-refractivity contribution is 5.28. The van der Waals surface area contributed by atoms with Crippen LogP contribution in [0.2, 0.25) is 0 Å². The van der Waals surface area contributed by atoms with Gasteiger partial charge in [0.25, 0.3) is 0 Å². The highest BCUT2D eigenvalue weighted by Gasteiger charge is 2.29. The highest BCUT2D eigenvalue weighted by Crippen LogP contribution is 2.31. The first-order chi connectivity index (χ1) is 11.6. The molecule has 0 aromatic heterocycles. The molecule has 2 aromatic carbocycles. The van der Waals surface area contributed by atoms with Crippen LogP contribution in [0.15, 0.2) is 54.6 Å². The Morgan fingerprint density at radius 3 is 1.96 bits per heavy atom. The fourth-order valence-electron chi connectivity index (χ4n) is 2.44. The van der Waals surface area contributed by atoms with E-state index in [0.29, 0.717) is 26.4 Å². The summed E-state index contributed by atoms with van der Waals surface area (Å²) in [6.07, 6.45) is -0.284. The summed E-state index contributed by atoms with van der Waals surface area (Å²) in [5, 5.41) is 0. The smallest absolute Gasteiger partial charge is 0.183 e. The maximum Gasteiger partial charge on any atom is 0.183 e. The molecule has 0 bridgehead atoms. The number of rotatable bonds is 6. The minimum absolute atomic E-state index is 0.0817. The van der Waals surface area contributed by atoms with Gasteiger partial charge in [0.1, 0.15) is 24.7 Å². The third-order valence-corrected chi connectivity index (χ3v) is 3.77. The Hall–Kier alpha value is -2.04. The van der Waals surface area contributed by atoms with E-state index in [1.54, 1.807) is 0 Å².